The Morgan fingerprint density at radius 1 is 1.47 bits per heavy atom. The highest BCUT2D eigenvalue weighted by Crippen LogP contribution is 2.29. The molecule has 0 fully saturated rings. The molecule has 0 aliphatic rings. The Labute approximate surface area is 92.1 Å². The maximum atomic E-state index is 11.0. The molecule has 2 rings (SSSR count). The lowest BCUT2D eigenvalue weighted by Crippen LogP contribution is -1.97. The van der Waals surface area contributed by atoms with Gasteiger partial charge < -0.3 is 5.21 Å². The molecule has 0 atom stereocenters. The van der Waals surface area contributed by atoms with E-state index in [-0.39, 0.29) is 0 Å². The maximum Gasteiger partial charge on any atom is 0.184 e. The van der Waals surface area contributed by atoms with Gasteiger partial charge >= 0.3 is 0 Å². The number of hydrogen-bond acceptors (Lipinski definition) is 2. The van der Waals surface area contributed by atoms with Crippen molar-refractivity contribution in [1.29, 1.82) is 0 Å². The second-order valence-corrected chi connectivity index (χ2v) is 4.21. The number of rotatable bonds is 1. The highest BCUT2D eigenvalue weighted by molar-refractivity contribution is 7.20. The lowest BCUT2D eigenvalue weighted by molar-refractivity contribution is -0.416. The first kappa shape index (κ1) is 9.75. The number of benzene rings is 1. The van der Waals surface area contributed by atoms with Crippen LogP contribution in [0.2, 0.25) is 0 Å². The summed E-state index contributed by atoms with van der Waals surface area (Å²) in [5, 5.41) is 12.1. The first-order valence-corrected chi connectivity index (χ1v) is 5.27. The number of terminal acetylenes is 1. The zero-order valence-electron chi connectivity index (χ0n) is 8.23. The van der Waals surface area contributed by atoms with Crippen molar-refractivity contribution in [2.24, 2.45) is 0 Å². The summed E-state index contributed by atoms with van der Waals surface area (Å²) in [6.07, 6.45) is 6.93. The third-order valence-electron chi connectivity index (χ3n) is 2.08. The Kier molecular flexibility index (Phi) is 2.44. The minimum absolute atomic E-state index is 0.773. The van der Waals surface area contributed by atoms with Crippen LogP contribution in [-0.4, -0.2) is 18.0 Å². The second-order valence-electron chi connectivity index (χ2n) is 3.16. The molecule has 0 N–H and O–H groups in total. The molecule has 0 unspecified atom stereocenters. The van der Waals surface area contributed by atoms with Gasteiger partial charge in [-0.2, -0.15) is 0 Å². The van der Waals surface area contributed by atoms with Gasteiger partial charge in [0.05, 0.1) is 10.4 Å². The molecular weight excluding hydrogens is 206 g/mol. The SMILES string of the molecule is C#Cc1sc2ccccc2c1/C=[N+](/C)[O-]. The van der Waals surface area contributed by atoms with Crippen LogP contribution in [-0.2, 0) is 0 Å². The Morgan fingerprint density at radius 3 is 2.87 bits per heavy atom. The molecule has 0 saturated heterocycles. The van der Waals surface area contributed by atoms with Crippen LogP contribution in [0, 0.1) is 17.6 Å². The van der Waals surface area contributed by atoms with Gasteiger partial charge in [0.1, 0.15) is 7.05 Å². The van der Waals surface area contributed by atoms with E-state index in [1.54, 1.807) is 0 Å². The Balaban J connectivity index is 2.80. The summed E-state index contributed by atoms with van der Waals surface area (Å²) in [6, 6.07) is 7.88. The molecule has 1 heterocycles. The fraction of sp³-hybridized carbons (Fsp3) is 0.0833. The third-order valence-corrected chi connectivity index (χ3v) is 3.19. The third kappa shape index (κ3) is 1.72. The van der Waals surface area contributed by atoms with Crippen LogP contribution in [0.4, 0.5) is 0 Å². The monoisotopic (exact) mass is 215 g/mol. The molecule has 0 saturated carbocycles. The normalized spacial score (nSPS) is 11.6. The van der Waals surface area contributed by atoms with Crippen LogP contribution in [0.25, 0.3) is 10.1 Å². The Morgan fingerprint density at radius 2 is 2.20 bits per heavy atom. The number of hydroxylamine groups is 1. The van der Waals surface area contributed by atoms with Crippen molar-refractivity contribution in [2.45, 2.75) is 0 Å². The topological polar surface area (TPSA) is 26.1 Å². The number of nitrogens with zero attached hydrogens (tertiary/aromatic N) is 1. The van der Waals surface area contributed by atoms with E-state index in [0.29, 0.717) is 0 Å². The zero-order chi connectivity index (χ0) is 10.8. The van der Waals surface area contributed by atoms with Crippen molar-refractivity contribution in [1.82, 2.24) is 0 Å². The van der Waals surface area contributed by atoms with Gasteiger partial charge in [-0.25, -0.2) is 4.74 Å². The summed E-state index contributed by atoms with van der Waals surface area (Å²) in [5.74, 6) is 2.61. The van der Waals surface area contributed by atoms with Gasteiger partial charge in [-0.15, -0.1) is 17.8 Å². The van der Waals surface area contributed by atoms with E-state index >= 15 is 0 Å². The minimum Gasteiger partial charge on any atom is -0.624 e. The van der Waals surface area contributed by atoms with E-state index in [1.165, 1.54) is 24.6 Å². The molecule has 2 nitrogen and oxygen atoms in total. The molecule has 0 aliphatic heterocycles. The summed E-state index contributed by atoms with van der Waals surface area (Å²) in [5.41, 5.74) is 0.843. The molecule has 0 amide bonds. The standard InChI is InChI=1S/C12H9NOS/c1-3-11-10(8-13(2)14)9-6-4-5-7-12(9)15-11/h1,4-8H,2H3/b13-8-. The van der Waals surface area contributed by atoms with E-state index < -0.39 is 0 Å². The highest BCUT2D eigenvalue weighted by atomic mass is 32.1. The van der Waals surface area contributed by atoms with Crippen molar-refractivity contribution in [2.75, 3.05) is 7.05 Å². The molecule has 0 aliphatic carbocycles. The van der Waals surface area contributed by atoms with E-state index in [9.17, 15) is 5.21 Å². The lowest BCUT2D eigenvalue weighted by Gasteiger charge is -1.95. The van der Waals surface area contributed by atoms with Crippen molar-refractivity contribution in [3.63, 3.8) is 0 Å². The number of fused-ring (bicyclic) bond motifs is 1. The predicted molar refractivity (Wildman–Crippen MR) is 64.5 cm³/mol. The Hall–Kier alpha value is -1.79. The molecule has 15 heavy (non-hydrogen) atoms. The van der Waals surface area contributed by atoms with Crippen molar-refractivity contribution in [3.8, 4) is 12.3 Å². The average Bonchev–Trinajstić information content (AvgIpc) is 2.56. The molecule has 2 aromatic rings. The van der Waals surface area contributed by atoms with Crippen LogP contribution < -0.4 is 0 Å². The van der Waals surface area contributed by atoms with Gasteiger partial charge in [0.15, 0.2) is 6.21 Å². The van der Waals surface area contributed by atoms with Gasteiger partial charge in [-0.1, -0.05) is 24.1 Å². The van der Waals surface area contributed by atoms with Crippen molar-refractivity contribution < 1.29 is 4.74 Å². The van der Waals surface area contributed by atoms with Gasteiger partial charge in [-0.05, 0) is 6.07 Å². The van der Waals surface area contributed by atoms with Crippen LogP contribution >= 0.6 is 11.3 Å². The summed E-state index contributed by atoms with van der Waals surface area (Å²) < 4.78 is 1.88. The maximum absolute atomic E-state index is 11.0. The van der Waals surface area contributed by atoms with Crippen LogP contribution in [0.3, 0.4) is 0 Å². The summed E-state index contributed by atoms with van der Waals surface area (Å²) >= 11 is 1.53. The average molecular weight is 215 g/mol. The summed E-state index contributed by atoms with van der Waals surface area (Å²) in [7, 11) is 1.45. The largest absolute Gasteiger partial charge is 0.624 e. The molecular formula is C12H9NOS. The molecule has 0 bridgehead atoms. The summed E-state index contributed by atoms with van der Waals surface area (Å²) in [4.78, 5) is 0.805. The highest BCUT2D eigenvalue weighted by Gasteiger charge is 2.10. The lowest BCUT2D eigenvalue weighted by atomic mass is 10.1. The quantitative estimate of drug-likeness (QED) is 0.236. The van der Waals surface area contributed by atoms with Gasteiger partial charge in [0.2, 0.25) is 0 Å². The molecule has 3 heteroatoms. The number of hydrogen-bond donors (Lipinski definition) is 0. The summed E-state index contributed by atoms with van der Waals surface area (Å²) in [6.45, 7) is 0. The van der Waals surface area contributed by atoms with Crippen LogP contribution in [0.5, 0.6) is 0 Å². The van der Waals surface area contributed by atoms with Crippen LogP contribution in [0.1, 0.15) is 10.4 Å². The van der Waals surface area contributed by atoms with Crippen molar-refractivity contribution >= 4 is 27.6 Å². The van der Waals surface area contributed by atoms with Crippen LogP contribution in [0.15, 0.2) is 24.3 Å². The molecule has 74 valence electrons. The second kappa shape index (κ2) is 3.76. The fourth-order valence-corrected chi connectivity index (χ4v) is 2.47. The first-order valence-electron chi connectivity index (χ1n) is 4.45. The van der Waals surface area contributed by atoms with E-state index in [0.717, 1.165) is 25.3 Å². The molecule has 0 spiro atoms. The minimum atomic E-state index is 0.773. The van der Waals surface area contributed by atoms with E-state index in [4.69, 9.17) is 6.42 Å². The van der Waals surface area contributed by atoms with Gasteiger partial charge in [0.25, 0.3) is 0 Å². The zero-order valence-corrected chi connectivity index (χ0v) is 9.04. The van der Waals surface area contributed by atoms with E-state index in [1.807, 2.05) is 24.3 Å². The molecule has 1 aromatic carbocycles. The molecule has 1 aromatic heterocycles. The van der Waals surface area contributed by atoms with Crippen molar-refractivity contribution in [3.05, 3.63) is 39.9 Å². The smallest absolute Gasteiger partial charge is 0.184 e. The molecule has 0 radical (unpaired) electrons. The van der Waals surface area contributed by atoms with Gasteiger partial charge in [0, 0.05) is 10.1 Å². The van der Waals surface area contributed by atoms with E-state index in [2.05, 4.69) is 5.92 Å². The first-order chi connectivity index (χ1) is 7.22. The number of thiophene rings is 1. The fourth-order valence-electron chi connectivity index (χ4n) is 1.48. The van der Waals surface area contributed by atoms with Gasteiger partial charge in [-0.3, -0.25) is 0 Å². The predicted octanol–water partition coefficient (Wildman–Crippen LogP) is 2.44. The Bertz CT molecular complexity index is 571.